The summed E-state index contributed by atoms with van der Waals surface area (Å²) < 4.78 is 0. The molecular formula is C18H22N6. The fourth-order valence-corrected chi connectivity index (χ4v) is 2.28. The molecule has 1 unspecified atom stereocenters. The molecule has 3 rings (SSSR count). The van der Waals surface area contributed by atoms with Crippen LogP contribution in [-0.2, 0) is 0 Å². The summed E-state index contributed by atoms with van der Waals surface area (Å²) in [6.45, 7) is 5.96. The maximum absolute atomic E-state index is 6.43. The fourth-order valence-electron chi connectivity index (χ4n) is 2.28. The summed E-state index contributed by atoms with van der Waals surface area (Å²) >= 11 is 0. The number of amidine groups is 1. The van der Waals surface area contributed by atoms with Gasteiger partial charge in [-0.3, -0.25) is 10.7 Å². The van der Waals surface area contributed by atoms with Crippen LogP contribution in [0.2, 0.25) is 0 Å². The molecule has 6 heteroatoms. The summed E-state index contributed by atoms with van der Waals surface area (Å²) in [5.41, 5.74) is 9.19. The van der Waals surface area contributed by atoms with Crippen molar-refractivity contribution in [2.24, 2.45) is 21.6 Å². The van der Waals surface area contributed by atoms with E-state index in [0.29, 0.717) is 11.8 Å². The second kappa shape index (κ2) is 6.41. The second-order valence-corrected chi connectivity index (χ2v) is 6.16. The first-order valence-corrected chi connectivity index (χ1v) is 7.97. The zero-order valence-electron chi connectivity index (χ0n) is 14.1. The van der Waals surface area contributed by atoms with E-state index in [1.54, 1.807) is 6.20 Å². The molecule has 1 aliphatic heterocycles. The minimum absolute atomic E-state index is 0.0475. The van der Waals surface area contributed by atoms with Crippen LogP contribution in [0.25, 0.3) is 0 Å². The molecule has 4 N–H and O–H groups in total. The first-order chi connectivity index (χ1) is 11.5. The number of aliphatic imine (C=N–C) groups is 2. The molecule has 1 aromatic carbocycles. The topological polar surface area (TPSA) is 87.7 Å². The molecule has 1 atom stereocenters. The van der Waals surface area contributed by atoms with Crippen LogP contribution in [0.1, 0.15) is 25.1 Å². The van der Waals surface area contributed by atoms with E-state index in [2.05, 4.69) is 25.6 Å². The number of aryl methyl sites for hydroxylation is 1. The average Bonchev–Trinajstić information content (AvgIpc) is 2.57. The highest BCUT2D eigenvalue weighted by Crippen LogP contribution is 2.22. The summed E-state index contributed by atoms with van der Waals surface area (Å²) in [5.74, 6) is 0.290. The van der Waals surface area contributed by atoms with Crippen LogP contribution in [0.4, 0.5) is 5.69 Å². The monoisotopic (exact) mass is 322 g/mol. The van der Waals surface area contributed by atoms with Crippen molar-refractivity contribution in [1.82, 2.24) is 10.3 Å². The van der Waals surface area contributed by atoms with Gasteiger partial charge in [0, 0.05) is 17.2 Å². The van der Waals surface area contributed by atoms with E-state index >= 15 is 0 Å². The van der Waals surface area contributed by atoms with Crippen LogP contribution in [0.3, 0.4) is 0 Å². The highest BCUT2D eigenvalue weighted by atomic mass is 15.4. The molecular weight excluding hydrogens is 300 g/mol. The van der Waals surface area contributed by atoms with Gasteiger partial charge in [-0.25, -0.2) is 9.98 Å². The lowest BCUT2D eigenvalue weighted by molar-refractivity contribution is 0.334. The van der Waals surface area contributed by atoms with Crippen molar-refractivity contribution in [3.63, 3.8) is 0 Å². The van der Waals surface area contributed by atoms with Gasteiger partial charge in [0.15, 0.2) is 0 Å². The Morgan fingerprint density at radius 3 is 2.46 bits per heavy atom. The summed E-state index contributed by atoms with van der Waals surface area (Å²) in [5, 5.41) is 6.46. The van der Waals surface area contributed by atoms with Crippen LogP contribution in [0.5, 0.6) is 0 Å². The Hall–Kier alpha value is -2.73. The van der Waals surface area contributed by atoms with E-state index in [-0.39, 0.29) is 5.92 Å². The Morgan fingerprint density at radius 1 is 1.08 bits per heavy atom. The number of anilines is 1. The SMILES string of the molecule is Cc1ccc(NC2=NC(N)(C(C)C)N=C(c3ccccc3)N2)cn1. The molecule has 6 nitrogen and oxygen atoms in total. The van der Waals surface area contributed by atoms with Gasteiger partial charge in [-0.05, 0) is 19.1 Å². The van der Waals surface area contributed by atoms with E-state index < -0.39 is 5.79 Å². The van der Waals surface area contributed by atoms with Crippen LogP contribution in [0.15, 0.2) is 58.6 Å². The number of guanidine groups is 1. The summed E-state index contributed by atoms with van der Waals surface area (Å²) in [6.07, 6.45) is 1.76. The van der Waals surface area contributed by atoms with Gasteiger partial charge in [0.05, 0.1) is 11.9 Å². The predicted molar refractivity (Wildman–Crippen MR) is 97.9 cm³/mol. The van der Waals surface area contributed by atoms with Crippen LogP contribution in [0, 0.1) is 12.8 Å². The summed E-state index contributed by atoms with van der Waals surface area (Å²) in [4.78, 5) is 13.5. The Bertz CT molecular complexity index is 764. The number of nitrogens with one attached hydrogen (secondary N) is 2. The summed E-state index contributed by atoms with van der Waals surface area (Å²) in [6, 6.07) is 13.8. The third-order valence-electron chi connectivity index (χ3n) is 3.89. The lowest BCUT2D eigenvalue weighted by atomic mass is 10.1. The predicted octanol–water partition coefficient (Wildman–Crippen LogP) is 2.48. The number of nitrogens with zero attached hydrogens (tertiary/aromatic N) is 3. The van der Waals surface area contributed by atoms with E-state index in [0.717, 1.165) is 16.9 Å². The third-order valence-corrected chi connectivity index (χ3v) is 3.89. The van der Waals surface area contributed by atoms with Gasteiger partial charge in [-0.2, -0.15) is 0 Å². The van der Waals surface area contributed by atoms with E-state index in [9.17, 15) is 0 Å². The molecule has 0 aliphatic carbocycles. The molecule has 0 amide bonds. The maximum atomic E-state index is 6.43. The molecule has 0 saturated carbocycles. The quantitative estimate of drug-likeness (QED) is 0.810. The van der Waals surface area contributed by atoms with E-state index in [4.69, 9.17) is 5.73 Å². The van der Waals surface area contributed by atoms with E-state index in [1.807, 2.05) is 63.2 Å². The molecule has 2 heterocycles. The van der Waals surface area contributed by atoms with Crippen molar-refractivity contribution in [3.05, 3.63) is 59.9 Å². The number of hydrogen-bond acceptors (Lipinski definition) is 6. The van der Waals surface area contributed by atoms with Crippen molar-refractivity contribution in [2.75, 3.05) is 5.32 Å². The minimum atomic E-state index is -1.02. The second-order valence-electron chi connectivity index (χ2n) is 6.16. The van der Waals surface area contributed by atoms with Gasteiger partial charge in [-0.1, -0.05) is 44.2 Å². The van der Waals surface area contributed by atoms with Crippen molar-refractivity contribution in [1.29, 1.82) is 0 Å². The Labute approximate surface area is 141 Å². The molecule has 0 bridgehead atoms. The number of hydrogen-bond donors (Lipinski definition) is 3. The maximum Gasteiger partial charge on any atom is 0.210 e. The molecule has 1 aliphatic rings. The average molecular weight is 322 g/mol. The largest absolute Gasteiger partial charge is 0.325 e. The first kappa shape index (κ1) is 16.1. The molecule has 0 radical (unpaired) electrons. The van der Waals surface area contributed by atoms with E-state index in [1.165, 1.54) is 0 Å². The number of nitrogens with two attached hydrogens (primary N) is 1. The highest BCUT2D eigenvalue weighted by Gasteiger charge is 2.33. The zero-order chi connectivity index (χ0) is 17.2. The number of aromatic nitrogens is 1. The van der Waals surface area contributed by atoms with Gasteiger partial charge in [0.2, 0.25) is 11.7 Å². The Balaban J connectivity index is 1.92. The van der Waals surface area contributed by atoms with Crippen molar-refractivity contribution < 1.29 is 0 Å². The van der Waals surface area contributed by atoms with Gasteiger partial charge >= 0.3 is 0 Å². The van der Waals surface area contributed by atoms with Gasteiger partial charge in [0.1, 0.15) is 5.84 Å². The summed E-state index contributed by atoms with van der Waals surface area (Å²) in [7, 11) is 0. The van der Waals surface area contributed by atoms with Crippen LogP contribution < -0.4 is 16.4 Å². The molecule has 0 saturated heterocycles. The number of pyridine rings is 1. The standard InChI is InChI=1S/C18H22N6/c1-12(2)18(19)23-16(14-7-5-4-6-8-14)22-17(24-18)21-15-10-9-13(3)20-11-15/h4-12H,19H2,1-3H3,(H2,21,22,23,24). The third kappa shape index (κ3) is 3.44. The van der Waals surface area contributed by atoms with Crippen molar-refractivity contribution in [2.45, 2.75) is 26.6 Å². The van der Waals surface area contributed by atoms with Crippen molar-refractivity contribution >= 4 is 17.5 Å². The lowest BCUT2D eigenvalue weighted by Gasteiger charge is -2.31. The van der Waals surface area contributed by atoms with Gasteiger partial charge in [0.25, 0.3) is 0 Å². The number of rotatable bonds is 3. The highest BCUT2D eigenvalue weighted by molar-refractivity contribution is 6.13. The van der Waals surface area contributed by atoms with Crippen molar-refractivity contribution in [3.8, 4) is 0 Å². The smallest absolute Gasteiger partial charge is 0.210 e. The fraction of sp³-hybridized carbons (Fsp3) is 0.278. The minimum Gasteiger partial charge on any atom is -0.325 e. The number of benzene rings is 1. The van der Waals surface area contributed by atoms with Gasteiger partial charge in [-0.15, -0.1) is 0 Å². The first-order valence-electron chi connectivity index (χ1n) is 7.97. The van der Waals surface area contributed by atoms with Crippen LogP contribution in [-0.4, -0.2) is 22.6 Å². The zero-order valence-corrected chi connectivity index (χ0v) is 14.1. The molecule has 1 aromatic heterocycles. The normalized spacial score (nSPS) is 20.2. The molecule has 24 heavy (non-hydrogen) atoms. The van der Waals surface area contributed by atoms with Gasteiger partial charge < -0.3 is 10.6 Å². The molecule has 124 valence electrons. The lowest BCUT2D eigenvalue weighted by Crippen LogP contribution is -2.52. The molecule has 2 aromatic rings. The molecule has 0 spiro atoms. The molecule has 0 fully saturated rings. The Morgan fingerprint density at radius 2 is 1.83 bits per heavy atom. The van der Waals surface area contributed by atoms with Crippen LogP contribution >= 0.6 is 0 Å². The Kier molecular flexibility index (Phi) is 4.31.